The Hall–Kier alpha value is -1.52. The second-order valence-electron chi connectivity index (χ2n) is 6.80. The summed E-state index contributed by atoms with van der Waals surface area (Å²) in [6.45, 7) is 3.33. The Morgan fingerprint density at radius 3 is 2.86 bits per heavy atom. The maximum atomic E-state index is 12.6. The van der Waals surface area contributed by atoms with Crippen LogP contribution in [-0.2, 0) is 4.79 Å². The van der Waals surface area contributed by atoms with Crippen molar-refractivity contribution in [3.63, 3.8) is 0 Å². The third kappa shape index (κ3) is 6.52. The first-order valence-electron chi connectivity index (χ1n) is 9.37. The molecule has 2 unspecified atom stereocenters. The Balaban J connectivity index is 0.00000280. The molecular formula is C18H28ClF2N5O2. The quantitative estimate of drug-likeness (QED) is 0.469. The van der Waals surface area contributed by atoms with Crippen LogP contribution in [0.5, 0.6) is 5.75 Å². The highest BCUT2D eigenvalue weighted by Crippen LogP contribution is 2.28. The first kappa shape index (κ1) is 22.8. The Bertz CT molecular complexity index is 619. The summed E-state index contributed by atoms with van der Waals surface area (Å²) in [6.07, 6.45) is 0.904. The maximum absolute atomic E-state index is 12.6. The summed E-state index contributed by atoms with van der Waals surface area (Å²) in [7, 11) is 0. The van der Waals surface area contributed by atoms with Crippen molar-refractivity contribution in [1.29, 1.82) is 0 Å². The number of nitrogens with one attached hydrogen (secondary N) is 4. The van der Waals surface area contributed by atoms with Gasteiger partial charge in [-0.1, -0.05) is 12.1 Å². The molecule has 0 bridgehead atoms. The number of alkyl halides is 2. The molecule has 2 fully saturated rings. The molecule has 1 aromatic rings. The minimum Gasteiger partial charge on any atom is -0.435 e. The van der Waals surface area contributed by atoms with Gasteiger partial charge in [0.25, 0.3) is 0 Å². The largest absolute Gasteiger partial charge is 0.435 e. The van der Waals surface area contributed by atoms with Crippen LogP contribution in [0.25, 0.3) is 0 Å². The van der Waals surface area contributed by atoms with Crippen LogP contribution in [0.2, 0.25) is 0 Å². The van der Waals surface area contributed by atoms with Crippen LogP contribution < -0.4 is 26.2 Å². The summed E-state index contributed by atoms with van der Waals surface area (Å²) < 4.78 is 29.3. The fourth-order valence-corrected chi connectivity index (χ4v) is 3.52. The van der Waals surface area contributed by atoms with E-state index >= 15 is 0 Å². The Morgan fingerprint density at radius 1 is 1.32 bits per heavy atom. The van der Waals surface area contributed by atoms with Crippen LogP contribution >= 0.6 is 12.4 Å². The summed E-state index contributed by atoms with van der Waals surface area (Å²) in [5.41, 5.74) is 6.78. The van der Waals surface area contributed by atoms with Gasteiger partial charge in [0.2, 0.25) is 5.91 Å². The highest BCUT2D eigenvalue weighted by atomic mass is 35.5. The minimum absolute atomic E-state index is 0. The molecule has 158 valence electrons. The van der Waals surface area contributed by atoms with Crippen molar-refractivity contribution < 1.29 is 18.3 Å². The lowest BCUT2D eigenvalue weighted by Crippen LogP contribution is -2.44. The lowest BCUT2D eigenvalue weighted by atomic mass is 9.94. The van der Waals surface area contributed by atoms with Crippen molar-refractivity contribution in [2.45, 2.75) is 19.1 Å². The lowest BCUT2D eigenvalue weighted by Gasteiger charge is -2.27. The number of rotatable bonds is 8. The van der Waals surface area contributed by atoms with E-state index in [9.17, 15) is 13.6 Å². The third-order valence-electron chi connectivity index (χ3n) is 4.92. The second-order valence-corrected chi connectivity index (χ2v) is 6.80. The van der Waals surface area contributed by atoms with Crippen molar-refractivity contribution >= 4 is 18.3 Å². The van der Waals surface area contributed by atoms with E-state index in [0.29, 0.717) is 13.1 Å². The number of amides is 1. The number of hydrogen-bond acceptors (Lipinski definition) is 6. The van der Waals surface area contributed by atoms with Crippen LogP contribution in [0, 0.1) is 5.92 Å². The minimum atomic E-state index is -2.87. The molecule has 3 rings (SSSR count). The van der Waals surface area contributed by atoms with E-state index in [1.807, 2.05) is 0 Å². The molecule has 0 aliphatic carbocycles. The number of benzene rings is 1. The third-order valence-corrected chi connectivity index (χ3v) is 4.92. The van der Waals surface area contributed by atoms with Crippen LogP contribution in [0.15, 0.2) is 24.3 Å². The van der Waals surface area contributed by atoms with Gasteiger partial charge in [-0.25, -0.2) is 5.43 Å². The number of carbonyl (C=O) groups is 1. The molecule has 2 aliphatic heterocycles. The molecule has 4 N–H and O–H groups in total. The number of piperazine rings is 1. The average molecular weight is 420 g/mol. The molecule has 2 atom stereocenters. The van der Waals surface area contributed by atoms with Crippen molar-refractivity contribution in [2.24, 2.45) is 5.92 Å². The Labute approximate surface area is 169 Å². The van der Waals surface area contributed by atoms with Gasteiger partial charge in [0.05, 0.1) is 12.0 Å². The molecule has 2 saturated heterocycles. The summed E-state index contributed by atoms with van der Waals surface area (Å²) >= 11 is 0. The Morgan fingerprint density at radius 2 is 2.11 bits per heavy atom. The molecule has 2 heterocycles. The van der Waals surface area contributed by atoms with Crippen molar-refractivity contribution in [1.82, 2.24) is 26.4 Å². The standard InChI is InChI=1S/C18H27F2N5O2.ClH/c19-18(20)27-14-4-1-3-13(11-14)16-15(12-23-24-16)17(26)22-5-2-8-25-9-6-21-7-10-25;/h1,3-4,11,15-16,18,21,23-24H,2,5-10,12H2,(H,22,26);1H. The zero-order chi connectivity index (χ0) is 19.1. The van der Waals surface area contributed by atoms with Crippen LogP contribution in [0.4, 0.5) is 8.78 Å². The van der Waals surface area contributed by atoms with Crippen molar-refractivity contribution in [2.75, 3.05) is 45.8 Å². The van der Waals surface area contributed by atoms with E-state index < -0.39 is 6.61 Å². The molecule has 0 spiro atoms. The predicted octanol–water partition coefficient (Wildman–Crippen LogP) is 0.886. The van der Waals surface area contributed by atoms with Gasteiger partial charge in [0.1, 0.15) is 5.75 Å². The highest BCUT2D eigenvalue weighted by molar-refractivity contribution is 5.85. The summed E-state index contributed by atoms with van der Waals surface area (Å²) in [5.74, 6) is -0.268. The smallest absolute Gasteiger partial charge is 0.387 e. The molecule has 0 radical (unpaired) electrons. The zero-order valence-corrected chi connectivity index (χ0v) is 16.4. The van der Waals surface area contributed by atoms with Gasteiger partial charge in [-0.2, -0.15) is 8.78 Å². The lowest BCUT2D eigenvalue weighted by molar-refractivity contribution is -0.124. The van der Waals surface area contributed by atoms with E-state index in [1.165, 1.54) is 6.07 Å². The monoisotopic (exact) mass is 419 g/mol. The van der Waals surface area contributed by atoms with Gasteiger partial charge in [-0.15, -0.1) is 12.4 Å². The molecule has 10 heteroatoms. The van der Waals surface area contributed by atoms with Gasteiger partial charge in [-0.3, -0.25) is 10.2 Å². The number of hydrogen-bond donors (Lipinski definition) is 4. The number of carbonyl (C=O) groups excluding carboxylic acids is 1. The summed E-state index contributed by atoms with van der Waals surface area (Å²) in [5, 5.41) is 6.32. The number of hydrazine groups is 1. The van der Waals surface area contributed by atoms with Gasteiger partial charge in [-0.05, 0) is 30.7 Å². The number of nitrogens with zero attached hydrogens (tertiary/aromatic N) is 1. The van der Waals surface area contributed by atoms with E-state index in [-0.39, 0.29) is 36.0 Å². The fourth-order valence-electron chi connectivity index (χ4n) is 3.52. The SMILES string of the molecule is Cl.O=C(NCCCN1CCNCC1)C1CNNC1c1cccc(OC(F)F)c1. The predicted molar refractivity (Wildman–Crippen MR) is 105 cm³/mol. The first-order chi connectivity index (χ1) is 13.1. The molecular weight excluding hydrogens is 392 g/mol. The first-order valence-corrected chi connectivity index (χ1v) is 9.37. The van der Waals surface area contributed by atoms with Crippen LogP contribution in [-0.4, -0.2) is 63.2 Å². The molecule has 0 aromatic heterocycles. The van der Waals surface area contributed by atoms with Gasteiger partial charge in [0.15, 0.2) is 0 Å². The van der Waals surface area contributed by atoms with Crippen molar-refractivity contribution in [3.8, 4) is 5.75 Å². The molecule has 1 amide bonds. The molecule has 2 aliphatic rings. The normalized spacial score (nSPS) is 22.7. The van der Waals surface area contributed by atoms with E-state index in [0.717, 1.165) is 44.7 Å². The van der Waals surface area contributed by atoms with Gasteiger partial charge < -0.3 is 20.3 Å². The van der Waals surface area contributed by atoms with E-state index in [2.05, 4.69) is 31.1 Å². The highest BCUT2D eigenvalue weighted by Gasteiger charge is 2.34. The van der Waals surface area contributed by atoms with Gasteiger partial charge in [0, 0.05) is 39.3 Å². The summed E-state index contributed by atoms with van der Waals surface area (Å²) in [4.78, 5) is 15.0. The Kier molecular flexibility index (Phi) is 9.33. The number of halogens is 3. The van der Waals surface area contributed by atoms with E-state index in [4.69, 9.17) is 0 Å². The maximum Gasteiger partial charge on any atom is 0.387 e. The van der Waals surface area contributed by atoms with Crippen molar-refractivity contribution in [3.05, 3.63) is 29.8 Å². The van der Waals surface area contributed by atoms with Crippen LogP contribution in [0.3, 0.4) is 0 Å². The molecule has 7 nitrogen and oxygen atoms in total. The molecule has 1 aromatic carbocycles. The average Bonchev–Trinajstić information content (AvgIpc) is 3.16. The fraction of sp³-hybridized carbons (Fsp3) is 0.611. The zero-order valence-electron chi connectivity index (χ0n) is 15.6. The van der Waals surface area contributed by atoms with Gasteiger partial charge >= 0.3 is 6.61 Å². The summed E-state index contributed by atoms with van der Waals surface area (Å²) in [6, 6.07) is 6.17. The molecule has 28 heavy (non-hydrogen) atoms. The van der Waals surface area contributed by atoms with E-state index in [1.54, 1.807) is 18.2 Å². The second kappa shape index (κ2) is 11.5. The topological polar surface area (TPSA) is 77.7 Å². The molecule has 0 saturated carbocycles. The van der Waals surface area contributed by atoms with Crippen LogP contribution in [0.1, 0.15) is 18.0 Å². The number of ether oxygens (including phenoxy) is 1.